The molecule has 0 spiro atoms. The molecule has 2 bridgehead atoms. The Labute approximate surface area is 77.6 Å². The predicted octanol–water partition coefficient (Wildman–Crippen LogP) is 3.05. The first-order valence-corrected chi connectivity index (χ1v) is 5.24. The molecule has 0 amide bonds. The normalized spacial score (nSPS) is 41.3. The lowest BCUT2D eigenvalue weighted by Crippen LogP contribution is -2.20. The molecular formula is C9H12Cl2. The number of fused-ring (bicyclic) bond motifs is 2. The lowest BCUT2D eigenvalue weighted by atomic mass is 9.86. The van der Waals surface area contributed by atoms with Crippen LogP contribution in [0.2, 0.25) is 0 Å². The van der Waals surface area contributed by atoms with Gasteiger partial charge in [0.25, 0.3) is 0 Å². The summed E-state index contributed by atoms with van der Waals surface area (Å²) in [6, 6.07) is 0. The molecule has 0 aromatic carbocycles. The molecule has 0 saturated heterocycles. The van der Waals surface area contributed by atoms with E-state index in [0.717, 1.165) is 17.7 Å². The van der Waals surface area contributed by atoms with Crippen LogP contribution in [0.15, 0.2) is 11.6 Å². The first-order valence-electron chi connectivity index (χ1n) is 4.17. The second kappa shape index (κ2) is 2.99. The molecule has 0 radical (unpaired) electrons. The maximum absolute atomic E-state index is 5.89. The highest BCUT2D eigenvalue weighted by Gasteiger charge is 2.41. The minimum atomic E-state index is 0.605. The smallest absolute Gasteiger partial charge is 0.0292 e. The maximum atomic E-state index is 5.89. The fourth-order valence-corrected chi connectivity index (χ4v) is 3.35. The zero-order valence-corrected chi connectivity index (χ0v) is 7.91. The molecule has 2 aliphatic rings. The van der Waals surface area contributed by atoms with Crippen LogP contribution < -0.4 is 0 Å². The number of hydrogen-bond acceptors (Lipinski definition) is 0. The third-order valence-corrected chi connectivity index (χ3v) is 3.81. The van der Waals surface area contributed by atoms with Crippen molar-refractivity contribution >= 4 is 23.2 Å². The maximum Gasteiger partial charge on any atom is 0.0292 e. The molecule has 62 valence electrons. The largest absolute Gasteiger partial charge is 0.126 e. The van der Waals surface area contributed by atoms with Gasteiger partial charge in [0.2, 0.25) is 0 Å². The zero-order chi connectivity index (χ0) is 7.84. The second-order valence-corrected chi connectivity index (χ2v) is 4.18. The van der Waals surface area contributed by atoms with Gasteiger partial charge in [-0.15, -0.1) is 23.2 Å². The van der Waals surface area contributed by atoms with Gasteiger partial charge in [-0.3, -0.25) is 0 Å². The predicted molar refractivity (Wildman–Crippen MR) is 49.2 cm³/mol. The summed E-state index contributed by atoms with van der Waals surface area (Å²) in [7, 11) is 0. The highest BCUT2D eigenvalue weighted by Crippen LogP contribution is 2.49. The van der Waals surface area contributed by atoms with Gasteiger partial charge in [0, 0.05) is 11.8 Å². The Balaban J connectivity index is 2.17. The Morgan fingerprint density at radius 1 is 1.36 bits per heavy atom. The van der Waals surface area contributed by atoms with Gasteiger partial charge in [-0.05, 0) is 30.6 Å². The number of alkyl halides is 2. The summed E-state index contributed by atoms with van der Waals surface area (Å²) in [5.41, 5.74) is 1.58. The molecule has 1 fully saturated rings. The number of halogens is 2. The Morgan fingerprint density at radius 2 is 2.18 bits per heavy atom. The standard InChI is InChI=1S/C9H12Cl2/c10-4-8-6-1-2-7(3-6)9(8)5-11/h1,7-9H,2-5H2. The van der Waals surface area contributed by atoms with Gasteiger partial charge in [-0.25, -0.2) is 0 Å². The lowest BCUT2D eigenvalue weighted by Gasteiger charge is -2.23. The zero-order valence-electron chi connectivity index (χ0n) is 6.39. The van der Waals surface area contributed by atoms with E-state index in [4.69, 9.17) is 23.2 Å². The average molecular weight is 191 g/mol. The van der Waals surface area contributed by atoms with E-state index in [1.807, 2.05) is 0 Å². The Hall–Kier alpha value is 0.320. The SMILES string of the molecule is ClCC1C2=CCC(C2)C1CCl. The van der Waals surface area contributed by atoms with Crippen LogP contribution in [-0.2, 0) is 0 Å². The quantitative estimate of drug-likeness (QED) is 0.464. The minimum absolute atomic E-state index is 0.605. The lowest BCUT2D eigenvalue weighted by molar-refractivity contribution is 0.365. The van der Waals surface area contributed by atoms with Crippen LogP contribution in [-0.4, -0.2) is 11.8 Å². The molecule has 11 heavy (non-hydrogen) atoms. The van der Waals surface area contributed by atoms with Crippen LogP contribution in [0.25, 0.3) is 0 Å². The molecule has 3 atom stereocenters. The fourth-order valence-electron chi connectivity index (χ4n) is 2.45. The summed E-state index contributed by atoms with van der Waals surface area (Å²) in [6.07, 6.45) is 4.88. The second-order valence-electron chi connectivity index (χ2n) is 3.56. The first-order chi connectivity index (χ1) is 5.36. The van der Waals surface area contributed by atoms with Crippen molar-refractivity contribution < 1.29 is 0 Å². The van der Waals surface area contributed by atoms with Crippen LogP contribution in [0, 0.1) is 17.8 Å². The third-order valence-electron chi connectivity index (χ3n) is 3.12. The van der Waals surface area contributed by atoms with Crippen LogP contribution in [0.5, 0.6) is 0 Å². The average Bonchev–Trinajstić information content (AvgIpc) is 2.60. The van der Waals surface area contributed by atoms with Gasteiger partial charge < -0.3 is 0 Å². The van der Waals surface area contributed by atoms with Gasteiger partial charge in [0.15, 0.2) is 0 Å². The van der Waals surface area contributed by atoms with Crippen LogP contribution in [0.1, 0.15) is 12.8 Å². The molecule has 2 aliphatic carbocycles. The third kappa shape index (κ3) is 1.11. The van der Waals surface area contributed by atoms with Crippen molar-refractivity contribution in [2.75, 3.05) is 11.8 Å². The summed E-state index contributed by atoms with van der Waals surface area (Å²) < 4.78 is 0. The van der Waals surface area contributed by atoms with Crippen molar-refractivity contribution in [3.63, 3.8) is 0 Å². The van der Waals surface area contributed by atoms with Gasteiger partial charge in [-0.1, -0.05) is 11.6 Å². The molecule has 2 rings (SSSR count). The highest BCUT2D eigenvalue weighted by atomic mass is 35.5. The van der Waals surface area contributed by atoms with E-state index in [-0.39, 0.29) is 0 Å². The molecule has 0 heterocycles. The first kappa shape index (κ1) is 7.94. The van der Waals surface area contributed by atoms with Gasteiger partial charge >= 0.3 is 0 Å². The van der Waals surface area contributed by atoms with Crippen molar-refractivity contribution in [2.45, 2.75) is 12.8 Å². The monoisotopic (exact) mass is 190 g/mol. The van der Waals surface area contributed by atoms with Crippen molar-refractivity contribution in [3.8, 4) is 0 Å². The Kier molecular flexibility index (Phi) is 2.16. The van der Waals surface area contributed by atoms with Crippen molar-refractivity contribution in [1.29, 1.82) is 0 Å². The number of hydrogen-bond donors (Lipinski definition) is 0. The van der Waals surface area contributed by atoms with Gasteiger partial charge in [0.1, 0.15) is 0 Å². The molecule has 0 N–H and O–H groups in total. The Bertz CT molecular complexity index is 186. The summed E-state index contributed by atoms with van der Waals surface area (Å²) in [4.78, 5) is 0. The van der Waals surface area contributed by atoms with E-state index in [2.05, 4.69) is 6.08 Å². The van der Waals surface area contributed by atoms with Crippen LogP contribution in [0.3, 0.4) is 0 Å². The van der Waals surface area contributed by atoms with E-state index in [0.29, 0.717) is 11.8 Å². The van der Waals surface area contributed by atoms with Crippen molar-refractivity contribution in [3.05, 3.63) is 11.6 Å². The summed E-state index contributed by atoms with van der Waals surface area (Å²) >= 11 is 11.8. The number of allylic oxidation sites excluding steroid dienone is 2. The van der Waals surface area contributed by atoms with Crippen LogP contribution in [0.4, 0.5) is 0 Å². The van der Waals surface area contributed by atoms with E-state index in [1.54, 1.807) is 5.57 Å². The molecule has 3 unspecified atom stereocenters. The molecule has 0 aromatic rings. The summed E-state index contributed by atoms with van der Waals surface area (Å²) in [6.45, 7) is 0. The molecule has 0 nitrogen and oxygen atoms in total. The van der Waals surface area contributed by atoms with Crippen molar-refractivity contribution in [1.82, 2.24) is 0 Å². The fraction of sp³-hybridized carbons (Fsp3) is 0.778. The molecule has 0 aliphatic heterocycles. The van der Waals surface area contributed by atoms with Crippen molar-refractivity contribution in [2.24, 2.45) is 17.8 Å². The molecule has 1 saturated carbocycles. The van der Waals surface area contributed by atoms with Gasteiger partial charge in [0.05, 0.1) is 0 Å². The highest BCUT2D eigenvalue weighted by molar-refractivity contribution is 6.19. The summed E-state index contributed by atoms with van der Waals surface area (Å²) in [5.74, 6) is 3.66. The summed E-state index contributed by atoms with van der Waals surface area (Å²) in [5, 5.41) is 0. The van der Waals surface area contributed by atoms with Gasteiger partial charge in [-0.2, -0.15) is 0 Å². The number of rotatable bonds is 2. The Morgan fingerprint density at radius 3 is 2.73 bits per heavy atom. The minimum Gasteiger partial charge on any atom is -0.126 e. The molecule has 2 heteroatoms. The molecule has 0 aromatic heterocycles. The van der Waals surface area contributed by atoms with Crippen LogP contribution >= 0.6 is 23.2 Å². The van der Waals surface area contributed by atoms with E-state index < -0.39 is 0 Å². The topological polar surface area (TPSA) is 0 Å². The van der Waals surface area contributed by atoms with E-state index in [1.165, 1.54) is 12.8 Å². The van der Waals surface area contributed by atoms with E-state index in [9.17, 15) is 0 Å². The molecular weight excluding hydrogens is 179 g/mol. The van der Waals surface area contributed by atoms with E-state index >= 15 is 0 Å².